The Labute approximate surface area is 799 Å². The van der Waals surface area contributed by atoms with Crippen LogP contribution in [0.25, 0.3) is 143 Å². The van der Waals surface area contributed by atoms with Gasteiger partial charge in [-0.15, -0.1) is 0 Å². The maximum Gasteiger partial charge on any atom is 0.0726 e. The van der Waals surface area contributed by atoms with Crippen LogP contribution in [0.4, 0.5) is 45.5 Å². The van der Waals surface area contributed by atoms with Crippen LogP contribution in [0.5, 0.6) is 0 Å². The molecule has 137 heavy (non-hydrogen) atoms. The van der Waals surface area contributed by atoms with E-state index in [-0.39, 0.29) is 10.8 Å². The Bertz CT molecular complexity index is 8540. The molecule has 0 aliphatic heterocycles. The first-order valence-electron chi connectivity index (χ1n) is 47.4. The van der Waals surface area contributed by atoms with Crippen LogP contribution in [0, 0.1) is 6.92 Å². The fraction of sp³-hybridized carbons (Fsp3) is 0.0698. The Morgan fingerprint density at radius 2 is 0.438 bits per heavy atom. The third-order valence-corrected chi connectivity index (χ3v) is 29.1. The molecule has 27 rings (SSSR count). The van der Waals surface area contributed by atoms with Crippen molar-refractivity contribution in [2.75, 3.05) is 47.8 Å². The monoisotopic (exact) mass is 1760 g/mol. The van der Waals surface area contributed by atoms with Crippen molar-refractivity contribution in [2.24, 2.45) is 0 Å². The Morgan fingerprint density at radius 3 is 0.810 bits per heavy atom. The topological polar surface area (TPSA) is 32.7 Å². The molecule has 0 amide bonds. The quantitative estimate of drug-likeness (QED) is 0.122. The van der Waals surface area contributed by atoms with E-state index in [0.717, 1.165) is 11.4 Å². The molecular formula is C129H100N8. The number of anilines is 8. The smallest absolute Gasteiger partial charge is 0.0726 e. The van der Waals surface area contributed by atoms with E-state index in [9.17, 15) is 0 Å². The molecule has 4 aromatic heterocycles. The first kappa shape index (κ1) is 82.9. The van der Waals surface area contributed by atoms with Crippen molar-refractivity contribution in [3.8, 4) is 56.1 Å². The maximum atomic E-state index is 2.45. The van der Waals surface area contributed by atoms with Gasteiger partial charge in [0.05, 0.1) is 72.3 Å². The van der Waals surface area contributed by atoms with Crippen LogP contribution in [-0.4, -0.2) is 46.5 Å². The fourth-order valence-electron chi connectivity index (χ4n) is 22.5. The minimum absolute atomic E-state index is 0.00635. The molecule has 1 spiro atoms. The molecule has 4 heterocycles. The van der Waals surface area contributed by atoms with Gasteiger partial charge in [0.2, 0.25) is 0 Å². The number of benzene rings is 20. The maximum absolute atomic E-state index is 2.45. The van der Waals surface area contributed by atoms with Crippen LogP contribution < -0.4 is 19.6 Å². The van der Waals surface area contributed by atoms with Crippen LogP contribution in [0.2, 0.25) is 0 Å². The van der Waals surface area contributed by atoms with Gasteiger partial charge in [0.15, 0.2) is 0 Å². The Morgan fingerprint density at radius 1 is 0.182 bits per heavy atom. The van der Waals surface area contributed by atoms with Gasteiger partial charge >= 0.3 is 0 Å². The number of nitrogens with zero attached hydrogens (tertiary/aromatic N) is 8. The standard InChI is InChI=1S/C44H30N2.C34H28N2.C26H22N2.C25H20N2/c1-45(29-13-12-14-31(27-29)46-42-23-10-5-18-36(42)37-19-6-11-24-43(37)46)30-25-26-35-34-17-4-9-22-40(34)44(41(35)28-30)38-20-7-2-15-32(38)33-16-3-8-21-39(33)44;1-34(2)30-16-7-4-13-26(30)27-20-19-24(22-31(27)34)35(3)23-11-10-12-25(21-23)36-32-17-8-5-14-28(32)29-15-6-9-18-33(29)36;1-19-15-17-20(18-16-19)27(2)25-13-7-8-14-26(25)28-23-11-5-3-9-21(23)22-10-4-6-12-24(22)28;1-26(19-11-3-2-4-12-19)24-17-9-10-18-25(24)27-22-15-7-5-13-20(22)21-14-6-8-16-23(21)27/h2-28H,1H3;4-22H,1-3H3;3-18H,1-2H3;2-18H,1H3. The summed E-state index contributed by atoms with van der Waals surface area (Å²) in [5.74, 6) is 0. The molecular weight excluding hydrogens is 1660 g/mol. The predicted octanol–water partition coefficient (Wildman–Crippen LogP) is 33.2. The third-order valence-electron chi connectivity index (χ3n) is 29.1. The number of aromatic nitrogens is 4. The largest absolute Gasteiger partial charge is 0.345 e. The van der Waals surface area contributed by atoms with Gasteiger partial charge in [-0.1, -0.05) is 341 Å². The molecule has 0 bridgehead atoms. The van der Waals surface area contributed by atoms with Gasteiger partial charge in [-0.05, 0) is 231 Å². The van der Waals surface area contributed by atoms with E-state index in [1.807, 2.05) is 0 Å². The van der Waals surface area contributed by atoms with E-state index in [2.05, 4.69) is 566 Å². The zero-order valence-corrected chi connectivity index (χ0v) is 77.7. The van der Waals surface area contributed by atoms with Crippen LogP contribution in [0.3, 0.4) is 0 Å². The molecule has 24 aromatic rings. The average molecular weight is 1760 g/mol. The van der Waals surface area contributed by atoms with E-state index in [0.29, 0.717) is 0 Å². The van der Waals surface area contributed by atoms with Crippen LogP contribution >= 0.6 is 0 Å². The van der Waals surface area contributed by atoms with E-state index in [4.69, 9.17) is 0 Å². The summed E-state index contributed by atoms with van der Waals surface area (Å²) in [6.07, 6.45) is 0. The molecule has 3 aliphatic carbocycles. The molecule has 8 nitrogen and oxygen atoms in total. The first-order chi connectivity index (χ1) is 67.4. The van der Waals surface area contributed by atoms with Gasteiger partial charge in [-0.2, -0.15) is 0 Å². The van der Waals surface area contributed by atoms with Gasteiger partial charge in [0.25, 0.3) is 0 Å². The predicted molar refractivity (Wildman–Crippen MR) is 580 cm³/mol. The van der Waals surface area contributed by atoms with Crippen molar-refractivity contribution < 1.29 is 0 Å². The highest BCUT2D eigenvalue weighted by Gasteiger charge is 2.52. The fourth-order valence-corrected chi connectivity index (χ4v) is 22.5. The highest BCUT2D eigenvalue weighted by atomic mass is 15.2. The van der Waals surface area contributed by atoms with Crippen molar-refractivity contribution in [1.29, 1.82) is 0 Å². The molecule has 3 aliphatic rings. The summed E-state index contributed by atoms with van der Waals surface area (Å²) in [4.78, 5) is 9.15. The number of hydrogen-bond acceptors (Lipinski definition) is 4. The summed E-state index contributed by atoms with van der Waals surface area (Å²) in [6.45, 7) is 6.80. The van der Waals surface area contributed by atoms with Crippen molar-refractivity contribution in [2.45, 2.75) is 31.6 Å². The van der Waals surface area contributed by atoms with Crippen LogP contribution in [0.15, 0.2) is 479 Å². The lowest BCUT2D eigenvalue weighted by Crippen LogP contribution is -2.26. The molecule has 0 N–H and O–H groups in total. The van der Waals surface area contributed by atoms with E-state index in [1.165, 1.54) is 216 Å². The lowest BCUT2D eigenvalue weighted by molar-refractivity contribution is 0.660. The SMILES string of the molecule is CN(c1cccc(-n2c3ccccc3c3ccccc32)c1)c1ccc2c(c1)C(C)(C)c1ccccc1-2.CN(c1cccc(-n2c3ccccc3c3ccccc32)c1)c1ccc2c(c1)C1(c3ccccc3-c3ccccc31)c1ccccc1-2.CN(c1ccccc1)c1ccccc1-n1c2ccccc2c2ccccc21.Cc1ccc(N(C)c2ccccc2-n2c3ccccc3c3ccccc32)cc1. The molecule has 0 atom stereocenters. The second kappa shape index (κ2) is 33.8. The van der Waals surface area contributed by atoms with E-state index in [1.54, 1.807) is 0 Å². The van der Waals surface area contributed by atoms with E-state index < -0.39 is 0 Å². The van der Waals surface area contributed by atoms with Crippen molar-refractivity contribution >= 4 is 133 Å². The van der Waals surface area contributed by atoms with Gasteiger partial charge in [0.1, 0.15) is 0 Å². The molecule has 0 radical (unpaired) electrons. The Hall–Kier alpha value is -17.2. The van der Waals surface area contributed by atoms with Gasteiger partial charge in [-0.3, -0.25) is 0 Å². The highest BCUT2D eigenvalue weighted by Crippen LogP contribution is 2.64. The number of hydrogen-bond donors (Lipinski definition) is 0. The summed E-state index contributed by atoms with van der Waals surface area (Å²) in [5, 5.41) is 10.3. The molecule has 8 heteroatoms. The van der Waals surface area contributed by atoms with Crippen LogP contribution in [-0.2, 0) is 10.8 Å². The van der Waals surface area contributed by atoms with Crippen molar-refractivity contribution in [1.82, 2.24) is 18.3 Å². The van der Waals surface area contributed by atoms with Gasteiger partial charge in [0, 0.05) is 122 Å². The van der Waals surface area contributed by atoms with Gasteiger partial charge in [-0.25, -0.2) is 0 Å². The molecule has 0 saturated carbocycles. The number of rotatable bonds is 12. The summed E-state index contributed by atoms with van der Waals surface area (Å²) in [6, 6.07) is 173. The summed E-state index contributed by atoms with van der Waals surface area (Å²) >= 11 is 0. The summed E-state index contributed by atoms with van der Waals surface area (Å²) < 4.78 is 9.53. The molecule has 20 aromatic carbocycles. The second-order valence-electron chi connectivity index (χ2n) is 36.9. The lowest BCUT2D eigenvalue weighted by atomic mass is 9.70. The average Bonchev–Trinajstić information content (AvgIpc) is 1.50. The molecule has 0 fully saturated rings. The molecule has 0 unspecified atom stereocenters. The van der Waals surface area contributed by atoms with Gasteiger partial charge < -0.3 is 37.9 Å². The number of aryl methyl sites for hydroxylation is 1. The number of fused-ring (bicyclic) bond motifs is 25. The third kappa shape index (κ3) is 13.6. The normalized spacial score (nSPS) is 12.6. The zero-order chi connectivity index (χ0) is 92.2. The Balaban J connectivity index is 0.000000102. The summed E-state index contributed by atoms with van der Waals surface area (Å²) in [7, 11) is 8.62. The van der Waals surface area contributed by atoms with Crippen LogP contribution in [0.1, 0.15) is 52.8 Å². The molecule has 0 saturated heterocycles. The summed E-state index contributed by atoms with van der Waals surface area (Å²) in [5.41, 5.74) is 41.1. The first-order valence-corrected chi connectivity index (χ1v) is 47.4. The number of para-hydroxylation sites is 13. The highest BCUT2D eigenvalue weighted by molar-refractivity contribution is 6.13. The Kier molecular flexibility index (Phi) is 20.5. The van der Waals surface area contributed by atoms with E-state index >= 15 is 0 Å². The lowest BCUT2D eigenvalue weighted by Gasteiger charge is -2.31. The van der Waals surface area contributed by atoms with Crippen molar-refractivity contribution in [3.63, 3.8) is 0 Å². The minimum Gasteiger partial charge on any atom is -0.345 e. The van der Waals surface area contributed by atoms with Crippen molar-refractivity contribution in [3.05, 3.63) is 518 Å². The second-order valence-corrected chi connectivity index (χ2v) is 36.9. The zero-order valence-electron chi connectivity index (χ0n) is 77.7. The minimum atomic E-state index is -0.346. The molecule has 656 valence electrons.